The van der Waals surface area contributed by atoms with Crippen LogP contribution in [-0.4, -0.2) is 29.8 Å². The summed E-state index contributed by atoms with van der Waals surface area (Å²) in [6.07, 6.45) is -0.373. The first-order chi connectivity index (χ1) is 6.06. The predicted octanol–water partition coefficient (Wildman–Crippen LogP) is -0.0293. The number of carbonyl (C=O) groups is 3. The molecule has 0 bridgehead atoms. The van der Waals surface area contributed by atoms with E-state index in [1.165, 1.54) is 6.92 Å². The number of hydrogen-bond acceptors (Lipinski definition) is 4. The second-order valence-corrected chi connectivity index (χ2v) is 3.12. The minimum absolute atomic E-state index is 0.158. The summed E-state index contributed by atoms with van der Waals surface area (Å²) in [7, 11) is 0. The van der Waals surface area contributed by atoms with Gasteiger partial charge in [0, 0.05) is 12.3 Å². The molecule has 0 aliphatic carbocycles. The molecule has 4 nitrogen and oxygen atoms in total. The lowest BCUT2D eigenvalue weighted by molar-refractivity contribution is -0.130. The molecule has 0 fully saturated rings. The normalized spacial score (nSPS) is 9.38. The number of thiol groups is 1. The van der Waals surface area contributed by atoms with Crippen LogP contribution in [0.1, 0.15) is 19.8 Å². The van der Waals surface area contributed by atoms with Crippen LogP contribution in [0.2, 0.25) is 0 Å². The van der Waals surface area contributed by atoms with E-state index in [1.807, 2.05) is 0 Å². The van der Waals surface area contributed by atoms with Crippen molar-refractivity contribution in [3.05, 3.63) is 0 Å². The molecule has 74 valence electrons. The molecule has 0 radical (unpaired) electrons. The Morgan fingerprint density at radius 2 is 1.85 bits per heavy atom. The van der Waals surface area contributed by atoms with Crippen molar-refractivity contribution >= 4 is 30.1 Å². The highest BCUT2D eigenvalue weighted by molar-refractivity contribution is 7.80. The quantitative estimate of drug-likeness (QED) is 0.471. The maximum atomic E-state index is 10.9. The fourth-order valence-electron chi connectivity index (χ4n) is 0.777. The third-order valence-corrected chi connectivity index (χ3v) is 1.46. The van der Waals surface area contributed by atoms with Gasteiger partial charge in [-0.25, -0.2) is 0 Å². The van der Waals surface area contributed by atoms with Gasteiger partial charge in [-0.1, -0.05) is 0 Å². The first-order valence-electron chi connectivity index (χ1n) is 3.95. The number of amides is 1. The van der Waals surface area contributed by atoms with Crippen molar-refractivity contribution in [1.82, 2.24) is 5.32 Å². The standard InChI is InChI=1S/C8H13NO3S/c1-6(10)4-7(11)5-8(12)9-2-3-13/h13H,2-5H2,1H3,(H,9,12). The van der Waals surface area contributed by atoms with Crippen LogP contribution >= 0.6 is 12.6 Å². The summed E-state index contributed by atoms with van der Waals surface area (Å²) in [6, 6.07) is 0. The van der Waals surface area contributed by atoms with E-state index in [0.717, 1.165) is 0 Å². The van der Waals surface area contributed by atoms with Gasteiger partial charge < -0.3 is 5.32 Å². The minimum Gasteiger partial charge on any atom is -0.355 e. The van der Waals surface area contributed by atoms with E-state index in [4.69, 9.17) is 0 Å². The monoisotopic (exact) mass is 203 g/mol. The second kappa shape index (κ2) is 6.65. The molecule has 1 amide bonds. The van der Waals surface area contributed by atoms with Crippen LogP contribution in [-0.2, 0) is 14.4 Å². The molecule has 0 aromatic rings. The maximum absolute atomic E-state index is 10.9. The number of Topliss-reactive ketones (excluding diaryl/α,β-unsaturated/α-hetero) is 2. The van der Waals surface area contributed by atoms with Crippen LogP contribution in [0.15, 0.2) is 0 Å². The largest absolute Gasteiger partial charge is 0.355 e. The molecule has 13 heavy (non-hydrogen) atoms. The maximum Gasteiger partial charge on any atom is 0.227 e. The van der Waals surface area contributed by atoms with Crippen molar-refractivity contribution in [1.29, 1.82) is 0 Å². The van der Waals surface area contributed by atoms with E-state index in [9.17, 15) is 14.4 Å². The van der Waals surface area contributed by atoms with Crippen molar-refractivity contribution in [2.24, 2.45) is 0 Å². The molecule has 0 unspecified atom stereocenters. The van der Waals surface area contributed by atoms with Gasteiger partial charge in [-0.3, -0.25) is 14.4 Å². The summed E-state index contributed by atoms with van der Waals surface area (Å²) in [4.78, 5) is 32.3. The van der Waals surface area contributed by atoms with Gasteiger partial charge in [0.15, 0.2) is 0 Å². The van der Waals surface area contributed by atoms with Crippen LogP contribution in [0.3, 0.4) is 0 Å². The van der Waals surface area contributed by atoms with Gasteiger partial charge in [0.05, 0.1) is 12.8 Å². The van der Waals surface area contributed by atoms with Crippen LogP contribution in [0.5, 0.6) is 0 Å². The highest BCUT2D eigenvalue weighted by atomic mass is 32.1. The molecule has 0 aromatic carbocycles. The molecule has 1 N–H and O–H groups in total. The third-order valence-electron chi connectivity index (χ3n) is 1.24. The van der Waals surface area contributed by atoms with Gasteiger partial charge in [0.1, 0.15) is 11.6 Å². The SMILES string of the molecule is CC(=O)CC(=O)CC(=O)NCCS. The Bertz CT molecular complexity index is 215. The van der Waals surface area contributed by atoms with Gasteiger partial charge in [-0.05, 0) is 6.92 Å². The van der Waals surface area contributed by atoms with Crippen molar-refractivity contribution < 1.29 is 14.4 Å². The van der Waals surface area contributed by atoms with E-state index in [-0.39, 0.29) is 30.3 Å². The predicted molar refractivity (Wildman–Crippen MR) is 51.8 cm³/mol. The zero-order valence-corrected chi connectivity index (χ0v) is 8.39. The third kappa shape index (κ3) is 7.52. The zero-order chi connectivity index (χ0) is 10.3. The van der Waals surface area contributed by atoms with Gasteiger partial charge in [0.2, 0.25) is 5.91 Å². The number of nitrogens with one attached hydrogen (secondary N) is 1. The Kier molecular flexibility index (Phi) is 6.22. The van der Waals surface area contributed by atoms with E-state index < -0.39 is 0 Å². The Morgan fingerprint density at radius 3 is 2.31 bits per heavy atom. The summed E-state index contributed by atoms with van der Waals surface area (Å²) < 4.78 is 0. The van der Waals surface area contributed by atoms with Gasteiger partial charge in [0.25, 0.3) is 0 Å². The highest BCUT2D eigenvalue weighted by Crippen LogP contribution is 1.91. The summed E-state index contributed by atoms with van der Waals surface area (Å²) in [5, 5.41) is 2.49. The fourth-order valence-corrected chi connectivity index (χ4v) is 0.889. The van der Waals surface area contributed by atoms with E-state index >= 15 is 0 Å². The summed E-state index contributed by atoms with van der Waals surface area (Å²) >= 11 is 3.89. The van der Waals surface area contributed by atoms with Crippen LogP contribution in [0.4, 0.5) is 0 Å². The van der Waals surface area contributed by atoms with Gasteiger partial charge in [-0.15, -0.1) is 0 Å². The number of rotatable bonds is 6. The van der Waals surface area contributed by atoms with Crippen LogP contribution in [0, 0.1) is 0 Å². The van der Waals surface area contributed by atoms with Crippen LogP contribution in [0.25, 0.3) is 0 Å². The van der Waals surface area contributed by atoms with Crippen molar-refractivity contribution in [3.8, 4) is 0 Å². The second-order valence-electron chi connectivity index (χ2n) is 2.67. The molecular formula is C8H13NO3S. The molecular weight excluding hydrogens is 190 g/mol. The Labute approximate surface area is 82.5 Å². The van der Waals surface area contributed by atoms with Crippen molar-refractivity contribution in [2.75, 3.05) is 12.3 Å². The molecule has 0 spiro atoms. The first-order valence-corrected chi connectivity index (χ1v) is 4.58. The molecule has 0 aromatic heterocycles. The Morgan fingerprint density at radius 1 is 1.23 bits per heavy atom. The molecule has 0 aliphatic heterocycles. The highest BCUT2D eigenvalue weighted by Gasteiger charge is 2.10. The lowest BCUT2D eigenvalue weighted by atomic mass is 10.1. The van der Waals surface area contributed by atoms with Gasteiger partial charge >= 0.3 is 0 Å². The first kappa shape index (κ1) is 12.2. The fraction of sp³-hybridized carbons (Fsp3) is 0.625. The van der Waals surface area contributed by atoms with Gasteiger partial charge in [-0.2, -0.15) is 12.6 Å². The molecule has 0 atom stereocenters. The molecule has 0 rings (SSSR count). The summed E-state index contributed by atoms with van der Waals surface area (Å²) in [5.74, 6) is -0.372. The molecule has 0 saturated carbocycles. The van der Waals surface area contributed by atoms with Crippen molar-refractivity contribution in [2.45, 2.75) is 19.8 Å². The van der Waals surface area contributed by atoms with Crippen molar-refractivity contribution in [3.63, 3.8) is 0 Å². The zero-order valence-electron chi connectivity index (χ0n) is 7.50. The molecule has 0 aliphatic rings. The van der Waals surface area contributed by atoms with E-state index in [0.29, 0.717) is 12.3 Å². The smallest absolute Gasteiger partial charge is 0.227 e. The Balaban J connectivity index is 3.65. The lowest BCUT2D eigenvalue weighted by Crippen LogP contribution is -2.27. The Hall–Kier alpha value is -0.840. The summed E-state index contributed by atoms with van der Waals surface area (Å²) in [6.45, 7) is 1.76. The molecule has 0 heterocycles. The number of ketones is 2. The summed E-state index contributed by atoms with van der Waals surface area (Å²) in [5.41, 5.74) is 0. The molecule has 0 saturated heterocycles. The average molecular weight is 203 g/mol. The van der Waals surface area contributed by atoms with Crippen LogP contribution < -0.4 is 5.32 Å². The number of carbonyl (C=O) groups excluding carboxylic acids is 3. The number of hydrogen-bond donors (Lipinski definition) is 2. The van der Waals surface area contributed by atoms with E-state index in [2.05, 4.69) is 17.9 Å². The topological polar surface area (TPSA) is 63.2 Å². The lowest BCUT2D eigenvalue weighted by Gasteiger charge is -2.00. The van der Waals surface area contributed by atoms with E-state index in [1.54, 1.807) is 0 Å². The molecule has 5 heteroatoms. The average Bonchev–Trinajstić information content (AvgIpc) is 1.98. The minimum atomic E-state index is -0.347.